The van der Waals surface area contributed by atoms with E-state index in [4.69, 9.17) is 21.1 Å². The van der Waals surface area contributed by atoms with Gasteiger partial charge >= 0.3 is 0 Å². The molecule has 7 nitrogen and oxygen atoms in total. The molecule has 0 spiro atoms. The standard InChI is InChI=1S/C24H23ClN2O5S/c1-17-6-12-21(13-7-17)33(29,30)27(19-10-8-18(25)9-11-19)15-24(28)26-14-20-16-31-22-4-2-3-5-23(22)32-20/h2-13,20H,14-16H2,1H3,(H,26,28). The van der Waals surface area contributed by atoms with Crippen LogP contribution in [0.4, 0.5) is 5.69 Å². The van der Waals surface area contributed by atoms with Gasteiger partial charge in [-0.2, -0.15) is 0 Å². The molecule has 9 heteroatoms. The summed E-state index contributed by atoms with van der Waals surface area (Å²) in [5, 5.41) is 3.21. The molecule has 4 rings (SSSR count). The lowest BCUT2D eigenvalue weighted by atomic mass is 10.2. The van der Waals surface area contributed by atoms with Gasteiger partial charge in [-0.3, -0.25) is 9.10 Å². The van der Waals surface area contributed by atoms with Crippen molar-refractivity contribution in [3.8, 4) is 11.5 Å². The number of sulfonamides is 1. The predicted molar refractivity (Wildman–Crippen MR) is 127 cm³/mol. The number of hydrogen-bond donors (Lipinski definition) is 1. The number of para-hydroxylation sites is 2. The summed E-state index contributed by atoms with van der Waals surface area (Å²) in [5.41, 5.74) is 1.27. The minimum Gasteiger partial charge on any atom is -0.486 e. The number of anilines is 1. The average molecular weight is 487 g/mol. The third kappa shape index (κ3) is 5.40. The third-order valence-electron chi connectivity index (χ3n) is 5.11. The Labute approximate surface area is 197 Å². The fourth-order valence-electron chi connectivity index (χ4n) is 3.34. The number of amides is 1. The molecule has 1 heterocycles. The van der Waals surface area contributed by atoms with E-state index in [9.17, 15) is 13.2 Å². The molecule has 1 unspecified atom stereocenters. The zero-order valence-electron chi connectivity index (χ0n) is 17.9. The molecular weight excluding hydrogens is 464 g/mol. The maximum absolute atomic E-state index is 13.4. The Bertz CT molecular complexity index is 1230. The summed E-state index contributed by atoms with van der Waals surface area (Å²) >= 11 is 5.97. The lowest BCUT2D eigenvalue weighted by Gasteiger charge is -2.27. The summed E-state index contributed by atoms with van der Waals surface area (Å²) < 4.78 is 39.3. The number of ether oxygens (including phenoxy) is 2. The van der Waals surface area contributed by atoms with Crippen molar-refractivity contribution in [1.82, 2.24) is 5.32 Å². The van der Waals surface area contributed by atoms with E-state index in [1.165, 1.54) is 12.1 Å². The second-order valence-corrected chi connectivity index (χ2v) is 9.90. The van der Waals surface area contributed by atoms with Crippen LogP contribution in [0.3, 0.4) is 0 Å². The second-order valence-electron chi connectivity index (χ2n) is 7.60. The van der Waals surface area contributed by atoms with Crippen LogP contribution < -0.4 is 19.1 Å². The summed E-state index contributed by atoms with van der Waals surface area (Å²) in [7, 11) is -3.99. The summed E-state index contributed by atoms with van der Waals surface area (Å²) in [4.78, 5) is 12.9. The zero-order valence-corrected chi connectivity index (χ0v) is 19.5. The number of nitrogens with one attached hydrogen (secondary N) is 1. The summed E-state index contributed by atoms with van der Waals surface area (Å²) in [6, 6.07) is 20.1. The molecule has 0 fully saturated rings. The number of aryl methyl sites for hydroxylation is 1. The van der Waals surface area contributed by atoms with Crippen molar-refractivity contribution >= 4 is 33.2 Å². The molecular formula is C24H23ClN2O5S. The van der Waals surface area contributed by atoms with Crippen LogP contribution in [0.25, 0.3) is 0 Å². The summed E-state index contributed by atoms with van der Waals surface area (Å²) in [6.07, 6.45) is -0.387. The van der Waals surface area contributed by atoms with Crippen LogP contribution in [-0.2, 0) is 14.8 Å². The monoisotopic (exact) mass is 486 g/mol. The Morgan fingerprint density at radius 1 is 1.03 bits per heavy atom. The first kappa shape index (κ1) is 22.9. The van der Waals surface area contributed by atoms with Crippen LogP contribution in [0.1, 0.15) is 5.56 Å². The molecule has 0 radical (unpaired) electrons. The number of rotatable bonds is 7. The van der Waals surface area contributed by atoms with Crippen molar-refractivity contribution in [3.63, 3.8) is 0 Å². The SMILES string of the molecule is Cc1ccc(S(=O)(=O)N(CC(=O)NCC2COc3ccccc3O2)c2ccc(Cl)cc2)cc1. The van der Waals surface area contributed by atoms with E-state index >= 15 is 0 Å². The molecule has 33 heavy (non-hydrogen) atoms. The van der Waals surface area contributed by atoms with Crippen molar-refractivity contribution < 1.29 is 22.7 Å². The molecule has 1 aliphatic rings. The minimum absolute atomic E-state index is 0.0940. The molecule has 1 atom stereocenters. The van der Waals surface area contributed by atoms with Crippen LogP contribution in [0.2, 0.25) is 5.02 Å². The molecule has 172 valence electrons. The fourth-order valence-corrected chi connectivity index (χ4v) is 4.88. The highest BCUT2D eigenvalue weighted by Gasteiger charge is 2.28. The van der Waals surface area contributed by atoms with E-state index in [1.807, 2.05) is 25.1 Å². The molecule has 0 saturated carbocycles. The minimum atomic E-state index is -3.99. The molecule has 3 aromatic carbocycles. The van der Waals surface area contributed by atoms with E-state index < -0.39 is 22.5 Å². The first-order valence-corrected chi connectivity index (χ1v) is 12.1. The van der Waals surface area contributed by atoms with Crippen molar-refractivity contribution in [2.75, 3.05) is 24.0 Å². The number of fused-ring (bicyclic) bond motifs is 1. The highest BCUT2D eigenvalue weighted by atomic mass is 35.5. The first-order chi connectivity index (χ1) is 15.8. The number of halogens is 1. The number of nitrogens with zero attached hydrogens (tertiary/aromatic N) is 1. The average Bonchev–Trinajstić information content (AvgIpc) is 2.82. The van der Waals surface area contributed by atoms with Gasteiger partial charge < -0.3 is 14.8 Å². The van der Waals surface area contributed by atoms with Crippen molar-refractivity contribution in [1.29, 1.82) is 0 Å². The number of benzene rings is 3. The van der Waals surface area contributed by atoms with Gasteiger partial charge in [0.1, 0.15) is 19.3 Å². The Balaban J connectivity index is 1.49. The quantitative estimate of drug-likeness (QED) is 0.549. The first-order valence-electron chi connectivity index (χ1n) is 10.3. The number of carbonyl (C=O) groups excluding carboxylic acids is 1. The van der Waals surface area contributed by atoms with Crippen molar-refractivity contribution in [2.45, 2.75) is 17.9 Å². The van der Waals surface area contributed by atoms with Gasteiger partial charge in [0.25, 0.3) is 10.0 Å². The number of carbonyl (C=O) groups is 1. The zero-order chi connectivity index (χ0) is 23.4. The van der Waals surface area contributed by atoms with E-state index in [1.54, 1.807) is 42.5 Å². The van der Waals surface area contributed by atoms with Gasteiger partial charge in [0.05, 0.1) is 17.1 Å². The largest absolute Gasteiger partial charge is 0.486 e. The molecule has 3 aromatic rings. The molecule has 0 bridgehead atoms. The molecule has 0 saturated heterocycles. The Kier molecular flexibility index (Phi) is 6.76. The lowest BCUT2D eigenvalue weighted by molar-refractivity contribution is -0.120. The van der Waals surface area contributed by atoms with E-state index in [0.29, 0.717) is 22.2 Å². The predicted octanol–water partition coefficient (Wildman–Crippen LogP) is 3.80. The van der Waals surface area contributed by atoms with Crippen molar-refractivity contribution in [2.24, 2.45) is 0 Å². The Morgan fingerprint density at radius 2 is 1.70 bits per heavy atom. The number of hydrogen-bond acceptors (Lipinski definition) is 5. The van der Waals surface area contributed by atoms with E-state index in [-0.39, 0.29) is 24.2 Å². The van der Waals surface area contributed by atoms with E-state index in [2.05, 4.69) is 5.32 Å². The van der Waals surface area contributed by atoms with Crippen LogP contribution in [-0.4, -0.2) is 40.1 Å². The van der Waals surface area contributed by atoms with Gasteiger partial charge in [0, 0.05) is 5.02 Å². The molecule has 1 amide bonds. The van der Waals surface area contributed by atoms with Crippen LogP contribution >= 0.6 is 11.6 Å². The molecule has 0 aliphatic carbocycles. The molecule has 0 aromatic heterocycles. The molecule has 1 N–H and O–H groups in total. The highest BCUT2D eigenvalue weighted by Crippen LogP contribution is 2.30. The molecule has 1 aliphatic heterocycles. The topological polar surface area (TPSA) is 84.9 Å². The smallest absolute Gasteiger partial charge is 0.264 e. The van der Waals surface area contributed by atoms with E-state index in [0.717, 1.165) is 9.87 Å². The summed E-state index contributed by atoms with van der Waals surface area (Å²) in [6.45, 7) is 1.92. The second kappa shape index (κ2) is 9.72. The van der Waals surface area contributed by atoms with Gasteiger partial charge in [-0.1, -0.05) is 41.4 Å². The fraction of sp³-hybridized carbons (Fsp3) is 0.208. The summed E-state index contributed by atoms with van der Waals surface area (Å²) in [5.74, 6) is 0.786. The van der Waals surface area contributed by atoms with Gasteiger partial charge in [-0.15, -0.1) is 0 Å². The van der Waals surface area contributed by atoms with Crippen molar-refractivity contribution in [3.05, 3.63) is 83.4 Å². The Morgan fingerprint density at radius 3 is 2.39 bits per heavy atom. The Hall–Kier alpha value is -3.23. The van der Waals surface area contributed by atoms with Crippen LogP contribution in [0.15, 0.2) is 77.7 Å². The lowest BCUT2D eigenvalue weighted by Crippen LogP contribution is -2.45. The maximum Gasteiger partial charge on any atom is 0.264 e. The van der Waals surface area contributed by atoms with Crippen LogP contribution in [0, 0.1) is 6.92 Å². The third-order valence-corrected chi connectivity index (χ3v) is 7.15. The van der Waals surface area contributed by atoms with Crippen LogP contribution in [0.5, 0.6) is 11.5 Å². The van der Waals surface area contributed by atoms with Gasteiger partial charge in [0.15, 0.2) is 11.5 Å². The highest BCUT2D eigenvalue weighted by molar-refractivity contribution is 7.92. The van der Waals surface area contributed by atoms with Gasteiger partial charge in [0.2, 0.25) is 5.91 Å². The van der Waals surface area contributed by atoms with Gasteiger partial charge in [-0.05, 0) is 55.5 Å². The van der Waals surface area contributed by atoms with Gasteiger partial charge in [-0.25, -0.2) is 8.42 Å². The maximum atomic E-state index is 13.4. The normalized spacial score (nSPS) is 15.0.